The summed E-state index contributed by atoms with van der Waals surface area (Å²) < 4.78 is 7.84. The van der Waals surface area contributed by atoms with Crippen LogP contribution in [0, 0.1) is 0 Å². The Morgan fingerprint density at radius 3 is 2.79 bits per heavy atom. The van der Waals surface area contributed by atoms with Crippen molar-refractivity contribution in [2.45, 2.75) is 13.3 Å². The van der Waals surface area contributed by atoms with Gasteiger partial charge in [0.25, 0.3) is 0 Å². The summed E-state index contributed by atoms with van der Waals surface area (Å²) in [5, 5.41) is 0. The molecule has 0 atom stereocenters. The number of aliphatic imine (C=N–C) groups is 1. The zero-order chi connectivity index (χ0) is 19.9. The lowest BCUT2D eigenvalue weighted by Gasteiger charge is -2.11. The highest BCUT2D eigenvalue weighted by atomic mass is 16.5. The van der Waals surface area contributed by atoms with Crippen LogP contribution >= 0.6 is 0 Å². The van der Waals surface area contributed by atoms with E-state index in [1.54, 1.807) is 6.08 Å². The monoisotopic (exact) mass is 371 g/mol. The second kappa shape index (κ2) is 9.24. The largest absolute Gasteiger partial charge is 0.489 e. The molecule has 1 aromatic carbocycles. The van der Waals surface area contributed by atoms with E-state index in [9.17, 15) is 0 Å². The fraction of sp³-hybridized carbons (Fsp3) is 0.174. The first-order valence-electron chi connectivity index (χ1n) is 9.47. The molecule has 142 valence electrons. The Labute approximate surface area is 167 Å². The van der Waals surface area contributed by atoms with Gasteiger partial charge in [-0.05, 0) is 68.1 Å². The van der Waals surface area contributed by atoms with E-state index in [0.29, 0.717) is 13.2 Å². The van der Waals surface area contributed by atoms with Crippen LogP contribution in [-0.2, 0) is 0 Å². The number of nitrogens with zero attached hydrogens (tertiary/aromatic N) is 2. The van der Waals surface area contributed by atoms with E-state index in [1.807, 2.05) is 56.7 Å². The molecule has 5 heteroatoms. The summed E-state index contributed by atoms with van der Waals surface area (Å²) in [5.41, 5.74) is 12.3. The minimum absolute atomic E-state index is 0.483. The second-order valence-corrected chi connectivity index (χ2v) is 6.71. The Hall–Kier alpha value is -3.05. The molecular weight excluding hydrogens is 345 g/mol. The maximum Gasteiger partial charge on any atom is 0.223 e. The molecule has 4 nitrogen and oxygen atoms in total. The van der Waals surface area contributed by atoms with E-state index in [4.69, 9.17) is 15.5 Å². The van der Waals surface area contributed by atoms with Gasteiger partial charge in [0.15, 0.2) is 0 Å². The molecule has 1 aliphatic rings. The molecule has 0 aliphatic carbocycles. The minimum Gasteiger partial charge on any atom is -0.489 e. The fourth-order valence-electron chi connectivity index (χ4n) is 3.29. The molecule has 0 saturated heterocycles. The van der Waals surface area contributed by atoms with Gasteiger partial charge in [-0.15, -0.1) is 0 Å². The standard InChI is InChI=1S/C23H26BN3O/c1-3-15-28-22-9-5-4-7-18(22)10-11-19-16-17(2)23(26-19)20(12-13-25)21-8-6-14-27(21)24/h3-11,14,16H,1,12-13,15,24-25H2,2H3/b11-10+,23-20-. The normalized spacial score (nSPS) is 15.5. The smallest absolute Gasteiger partial charge is 0.223 e. The van der Waals surface area contributed by atoms with Gasteiger partial charge >= 0.3 is 0 Å². The lowest BCUT2D eigenvalue weighted by molar-refractivity contribution is 0.362. The molecule has 3 rings (SSSR count). The summed E-state index contributed by atoms with van der Waals surface area (Å²) in [6.07, 6.45) is 10.8. The van der Waals surface area contributed by atoms with Crippen molar-refractivity contribution >= 4 is 25.3 Å². The molecule has 0 bridgehead atoms. The van der Waals surface area contributed by atoms with Gasteiger partial charge in [0.2, 0.25) is 7.98 Å². The van der Waals surface area contributed by atoms with E-state index < -0.39 is 0 Å². The van der Waals surface area contributed by atoms with E-state index in [-0.39, 0.29) is 0 Å². The quantitative estimate of drug-likeness (QED) is 0.569. The van der Waals surface area contributed by atoms with Crippen LogP contribution in [-0.4, -0.2) is 31.3 Å². The average molecular weight is 371 g/mol. The summed E-state index contributed by atoms with van der Waals surface area (Å²) in [4.78, 5) is 4.88. The van der Waals surface area contributed by atoms with Gasteiger partial charge < -0.3 is 14.9 Å². The summed E-state index contributed by atoms with van der Waals surface area (Å²) in [6.45, 7) is 6.87. The van der Waals surface area contributed by atoms with E-state index in [2.05, 4.69) is 30.1 Å². The predicted octanol–water partition coefficient (Wildman–Crippen LogP) is 3.62. The number of benzene rings is 1. The van der Waals surface area contributed by atoms with Gasteiger partial charge in [-0.25, -0.2) is 4.99 Å². The van der Waals surface area contributed by atoms with Crippen molar-refractivity contribution in [3.63, 3.8) is 0 Å². The Morgan fingerprint density at radius 1 is 1.25 bits per heavy atom. The Balaban J connectivity index is 1.92. The van der Waals surface area contributed by atoms with Crippen molar-refractivity contribution in [3.8, 4) is 5.75 Å². The van der Waals surface area contributed by atoms with Gasteiger partial charge in [-0.1, -0.05) is 30.9 Å². The molecule has 2 N–H and O–H groups in total. The SMILES string of the molecule is Bn1cccc1/C(CCN)=C1N=C(/C=C/c2ccccc2OCC=C)C=C\1C. The van der Waals surface area contributed by atoms with Crippen molar-refractivity contribution in [1.29, 1.82) is 0 Å². The van der Waals surface area contributed by atoms with Gasteiger partial charge in [0.05, 0.1) is 11.4 Å². The number of nitrogens with two attached hydrogens (primary N) is 1. The second-order valence-electron chi connectivity index (χ2n) is 6.71. The zero-order valence-electron chi connectivity index (χ0n) is 16.6. The molecule has 1 aromatic heterocycles. The number of rotatable bonds is 8. The number of allylic oxidation sites excluding steroid dienone is 3. The van der Waals surface area contributed by atoms with Gasteiger partial charge in [-0.2, -0.15) is 0 Å². The molecule has 28 heavy (non-hydrogen) atoms. The number of aromatic nitrogens is 1. The summed E-state index contributed by atoms with van der Waals surface area (Å²) in [5.74, 6) is 0.835. The molecular formula is C23H26BN3O. The highest BCUT2D eigenvalue weighted by Crippen LogP contribution is 2.31. The van der Waals surface area contributed by atoms with E-state index >= 15 is 0 Å². The minimum atomic E-state index is 0.483. The molecule has 2 aromatic rings. The first-order valence-corrected chi connectivity index (χ1v) is 9.47. The van der Waals surface area contributed by atoms with Gasteiger partial charge in [0, 0.05) is 16.8 Å². The Bertz CT molecular complexity index is 979. The van der Waals surface area contributed by atoms with Crippen LogP contribution in [0.25, 0.3) is 11.6 Å². The number of hydrogen-bond donors (Lipinski definition) is 1. The van der Waals surface area contributed by atoms with Crippen molar-refractivity contribution in [2.24, 2.45) is 10.7 Å². The van der Waals surface area contributed by atoms with Crippen LogP contribution < -0.4 is 10.5 Å². The van der Waals surface area contributed by atoms with Gasteiger partial charge in [-0.3, -0.25) is 0 Å². The topological polar surface area (TPSA) is 52.5 Å². The summed E-state index contributed by atoms with van der Waals surface area (Å²) in [7, 11) is 2.05. The third-order valence-electron chi connectivity index (χ3n) is 4.62. The molecule has 0 unspecified atom stereocenters. The molecule has 2 heterocycles. The highest BCUT2D eigenvalue weighted by molar-refractivity contribution is 6.11. The fourth-order valence-corrected chi connectivity index (χ4v) is 3.29. The van der Waals surface area contributed by atoms with Crippen molar-refractivity contribution in [1.82, 2.24) is 4.48 Å². The van der Waals surface area contributed by atoms with Crippen LogP contribution in [0.1, 0.15) is 24.6 Å². The highest BCUT2D eigenvalue weighted by Gasteiger charge is 2.17. The Kier molecular flexibility index (Phi) is 6.51. The van der Waals surface area contributed by atoms with Crippen molar-refractivity contribution < 1.29 is 4.74 Å². The first-order chi connectivity index (χ1) is 13.6. The van der Waals surface area contributed by atoms with Crippen LogP contribution in [0.3, 0.4) is 0 Å². The van der Waals surface area contributed by atoms with Crippen LogP contribution in [0.15, 0.2) is 83.7 Å². The summed E-state index contributed by atoms with van der Waals surface area (Å²) >= 11 is 0. The summed E-state index contributed by atoms with van der Waals surface area (Å²) in [6, 6.07) is 12.1. The van der Waals surface area contributed by atoms with Crippen LogP contribution in [0.5, 0.6) is 5.75 Å². The van der Waals surface area contributed by atoms with Crippen LogP contribution in [0.2, 0.25) is 0 Å². The molecule has 0 radical (unpaired) electrons. The third kappa shape index (κ3) is 4.43. The number of ether oxygens (including phenoxy) is 1. The number of hydrogen-bond acceptors (Lipinski definition) is 3. The molecule has 1 aliphatic heterocycles. The Morgan fingerprint density at radius 2 is 2.07 bits per heavy atom. The maximum absolute atomic E-state index is 5.88. The maximum atomic E-state index is 5.88. The number of para-hydroxylation sites is 1. The molecule has 0 fully saturated rings. The third-order valence-corrected chi connectivity index (χ3v) is 4.62. The van der Waals surface area contributed by atoms with Crippen LogP contribution in [0.4, 0.5) is 0 Å². The van der Waals surface area contributed by atoms with Crippen molar-refractivity contribution in [3.05, 3.63) is 89.9 Å². The van der Waals surface area contributed by atoms with E-state index in [1.165, 1.54) is 5.57 Å². The lowest BCUT2D eigenvalue weighted by Crippen LogP contribution is -2.05. The van der Waals surface area contributed by atoms with Crippen molar-refractivity contribution in [2.75, 3.05) is 13.2 Å². The predicted molar refractivity (Wildman–Crippen MR) is 121 cm³/mol. The molecule has 0 spiro atoms. The van der Waals surface area contributed by atoms with Gasteiger partial charge in [0.1, 0.15) is 12.4 Å². The first kappa shape index (κ1) is 19.7. The molecule has 0 amide bonds. The molecule has 0 saturated carbocycles. The average Bonchev–Trinajstić information content (AvgIpc) is 3.29. The zero-order valence-corrected chi connectivity index (χ0v) is 16.6. The van der Waals surface area contributed by atoms with E-state index in [0.717, 1.165) is 40.4 Å². The lowest BCUT2D eigenvalue weighted by atomic mass is 10.0.